The Labute approximate surface area is 252 Å². The molecule has 0 spiro atoms. The lowest BCUT2D eigenvalue weighted by atomic mass is 10.0. The van der Waals surface area contributed by atoms with E-state index < -0.39 is 45.7 Å². The number of aromatic nitrogens is 3. The third-order valence-electron chi connectivity index (χ3n) is 6.79. The van der Waals surface area contributed by atoms with Gasteiger partial charge in [-0.25, -0.2) is 22.5 Å². The molecule has 2 aromatic heterocycles. The van der Waals surface area contributed by atoms with E-state index >= 15 is 0 Å². The molecule has 5 aromatic rings. The van der Waals surface area contributed by atoms with Crippen LogP contribution < -0.4 is 20.7 Å². The van der Waals surface area contributed by atoms with Gasteiger partial charge in [0, 0.05) is 24.1 Å². The quantitative estimate of drug-likeness (QED) is 0.279. The average Bonchev–Trinajstić information content (AvgIpc) is 3.37. The number of sulfonamides is 1. The number of halogens is 3. The number of amides is 1. The van der Waals surface area contributed by atoms with Gasteiger partial charge in [-0.3, -0.25) is 14.2 Å². The van der Waals surface area contributed by atoms with Gasteiger partial charge in [-0.2, -0.15) is 17.5 Å². The number of ether oxygens (including phenoxy) is 1. The first kappa shape index (κ1) is 30.7. The molecule has 228 valence electrons. The SMILES string of the molecule is Cc1ccc(OCC(=O)NS(=O)(=O)c2ccccc2C)cc1-c1nsc2ccc(-n3c(=O)cc(C(F)(F)F)n(C)c3=O)cc12. The second kappa shape index (κ2) is 11.4. The van der Waals surface area contributed by atoms with E-state index in [0.717, 1.165) is 24.1 Å². The van der Waals surface area contributed by atoms with E-state index in [1.807, 2.05) is 4.72 Å². The standard InChI is InChI=1S/C29H23F3N4O6S2/c1-16-8-10-19(42-15-25(37)34-44(40,41)23-7-5-4-6-17(23)2)13-20(16)27-21-12-18(9-11-22(21)43-33-27)36-26(38)14-24(29(30,31)32)35(3)28(36)39/h4-14H,15H2,1-3H3,(H,34,37). The monoisotopic (exact) mass is 644 g/mol. The van der Waals surface area contributed by atoms with Crippen LogP contribution in [0.1, 0.15) is 16.8 Å². The number of nitrogens with one attached hydrogen (secondary N) is 1. The molecule has 15 heteroatoms. The minimum Gasteiger partial charge on any atom is -0.484 e. The molecular formula is C29H23F3N4O6S2. The van der Waals surface area contributed by atoms with Crippen molar-refractivity contribution in [3.63, 3.8) is 0 Å². The van der Waals surface area contributed by atoms with Gasteiger partial charge in [-0.1, -0.05) is 24.3 Å². The number of carbonyl (C=O) groups is 1. The van der Waals surface area contributed by atoms with E-state index in [4.69, 9.17) is 4.74 Å². The van der Waals surface area contributed by atoms with E-state index in [-0.39, 0.29) is 16.3 Å². The fraction of sp³-hybridized carbons (Fsp3) is 0.172. The van der Waals surface area contributed by atoms with Gasteiger partial charge in [0.1, 0.15) is 11.4 Å². The molecule has 3 aromatic carbocycles. The molecule has 0 aliphatic rings. The summed E-state index contributed by atoms with van der Waals surface area (Å²) >= 11 is 1.13. The summed E-state index contributed by atoms with van der Waals surface area (Å²) in [5, 5.41) is 0.517. The lowest BCUT2D eigenvalue weighted by Gasteiger charge is -2.14. The van der Waals surface area contributed by atoms with Crippen molar-refractivity contribution < 1.29 is 31.1 Å². The highest BCUT2D eigenvalue weighted by atomic mass is 32.2. The van der Waals surface area contributed by atoms with Crippen LogP contribution in [-0.4, -0.2) is 34.4 Å². The van der Waals surface area contributed by atoms with Crippen molar-refractivity contribution >= 4 is 37.5 Å². The second-order valence-electron chi connectivity index (χ2n) is 9.81. The first-order valence-electron chi connectivity index (χ1n) is 12.8. The van der Waals surface area contributed by atoms with E-state index in [2.05, 4.69) is 4.37 Å². The van der Waals surface area contributed by atoms with Crippen LogP contribution in [0.4, 0.5) is 13.2 Å². The van der Waals surface area contributed by atoms with Gasteiger partial charge in [0.15, 0.2) is 6.61 Å². The van der Waals surface area contributed by atoms with Gasteiger partial charge in [0.2, 0.25) is 0 Å². The van der Waals surface area contributed by atoms with Crippen LogP contribution in [0.25, 0.3) is 27.0 Å². The van der Waals surface area contributed by atoms with Crippen LogP contribution in [-0.2, 0) is 28.0 Å². The predicted octanol–water partition coefficient (Wildman–Crippen LogP) is 4.33. The Bertz CT molecular complexity index is 2170. The Morgan fingerprint density at radius 1 is 1.00 bits per heavy atom. The zero-order chi connectivity index (χ0) is 32.0. The van der Waals surface area contributed by atoms with Crippen molar-refractivity contribution in [3.05, 3.63) is 104 Å². The Morgan fingerprint density at radius 3 is 2.43 bits per heavy atom. The Morgan fingerprint density at radius 2 is 1.73 bits per heavy atom. The van der Waals surface area contributed by atoms with Gasteiger partial charge < -0.3 is 4.74 Å². The molecule has 0 aliphatic heterocycles. The van der Waals surface area contributed by atoms with E-state index in [9.17, 15) is 36.0 Å². The topological polar surface area (TPSA) is 129 Å². The highest BCUT2D eigenvalue weighted by Gasteiger charge is 2.35. The Kier molecular flexibility index (Phi) is 7.94. The Hall–Kier alpha value is -4.76. The molecular weight excluding hydrogens is 621 g/mol. The maximum absolute atomic E-state index is 13.3. The minimum atomic E-state index is -4.89. The Balaban J connectivity index is 1.44. The third-order valence-corrected chi connectivity index (χ3v) is 9.15. The summed E-state index contributed by atoms with van der Waals surface area (Å²) in [6.07, 6.45) is -4.89. The predicted molar refractivity (Wildman–Crippen MR) is 158 cm³/mol. The first-order valence-corrected chi connectivity index (χ1v) is 15.1. The van der Waals surface area contributed by atoms with Crippen molar-refractivity contribution in [3.8, 4) is 22.7 Å². The number of aryl methyl sites for hydroxylation is 2. The summed E-state index contributed by atoms with van der Waals surface area (Å²) in [5.41, 5.74) is -1.37. The van der Waals surface area contributed by atoms with Gasteiger partial charge >= 0.3 is 11.9 Å². The van der Waals surface area contributed by atoms with Crippen LogP contribution in [0.15, 0.2) is 81.2 Å². The van der Waals surface area contributed by atoms with E-state index in [1.54, 1.807) is 56.3 Å². The summed E-state index contributed by atoms with van der Waals surface area (Å²) in [6, 6.07) is 16.0. The second-order valence-corrected chi connectivity index (χ2v) is 12.3. The molecule has 0 aliphatic carbocycles. The van der Waals surface area contributed by atoms with Crippen LogP contribution in [0, 0.1) is 13.8 Å². The summed E-state index contributed by atoms with van der Waals surface area (Å²) < 4.78 is 78.9. The van der Waals surface area contributed by atoms with Gasteiger partial charge in [0.25, 0.3) is 21.5 Å². The molecule has 1 N–H and O–H groups in total. The van der Waals surface area contributed by atoms with Crippen molar-refractivity contribution in [1.29, 1.82) is 0 Å². The molecule has 0 radical (unpaired) electrons. The third kappa shape index (κ3) is 5.88. The minimum absolute atomic E-state index is 0.0304. The van der Waals surface area contributed by atoms with Crippen molar-refractivity contribution in [2.75, 3.05) is 6.61 Å². The van der Waals surface area contributed by atoms with Crippen LogP contribution >= 0.6 is 11.5 Å². The number of alkyl halides is 3. The summed E-state index contributed by atoms with van der Waals surface area (Å²) in [5.74, 6) is -0.651. The number of rotatable bonds is 7. The largest absolute Gasteiger partial charge is 0.484 e. The average molecular weight is 645 g/mol. The fourth-order valence-electron chi connectivity index (χ4n) is 4.58. The van der Waals surface area contributed by atoms with E-state index in [1.165, 1.54) is 18.2 Å². The molecule has 5 rings (SSSR count). The summed E-state index contributed by atoms with van der Waals surface area (Å²) in [4.78, 5) is 37.9. The molecule has 10 nitrogen and oxygen atoms in total. The number of carbonyl (C=O) groups excluding carboxylic acids is 1. The first-order chi connectivity index (χ1) is 20.7. The number of hydrogen-bond acceptors (Lipinski definition) is 8. The van der Waals surface area contributed by atoms with Crippen molar-refractivity contribution in [2.45, 2.75) is 24.9 Å². The molecule has 0 saturated carbocycles. The number of fused-ring (bicyclic) bond motifs is 1. The molecule has 0 atom stereocenters. The maximum atomic E-state index is 13.3. The number of benzene rings is 3. The fourth-order valence-corrected chi connectivity index (χ4v) is 6.57. The molecule has 44 heavy (non-hydrogen) atoms. The highest BCUT2D eigenvalue weighted by molar-refractivity contribution is 7.90. The number of hydrogen-bond donors (Lipinski definition) is 1. The molecule has 0 saturated heterocycles. The molecule has 0 fully saturated rings. The van der Waals surface area contributed by atoms with E-state index in [0.29, 0.717) is 42.1 Å². The smallest absolute Gasteiger partial charge is 0.431 e. The molecule has 0 bridgehead atoms. The normalized spacial score (nSPS) is 12.0. The maximum Gasteiger partial charge on any atom is 0.431 e. The van der Waals surface area contributed by atoms with Crippen LogP contribution in [0.3, 0.4) is 0 Å². The van der Waals surface area contributed by atoms with Gasteiger partial charge in [0.05, 0.1) is 21.0 Å². The van der Waals surface area contributed by atoms with Crippen LogP contribution in [0.5, 0.6) is 5.75 Å². The lowest BCUT2D eigenvalue weighted by molar-refractivity contribution is -0.144. The zero-order valence-corrected chi connectivity index (χ0v) is 24.9. The van der Waals surface area contributed by atoms with Gasteiger partial charge in [-0.15, -0.1) is 0 Å². The summed E-state index contributed by atoms with van der Waals surface area (Å²) in [7, 11) is -3.17. The van der Waals surface area contributed by atoms with Gasteiger partial charge in [-0.05, 0) is 72.9 Å². The molecule has 2 heterocycles. The zero-order valence-electron chi connectivity index (χ0n) is 23.3. The highest BCUT2D eigenvalue weighted by Crippen LogP contribution is 2.35. The summed E-state index contributed by atoms with van der Waals surface area (Å²) in [6.45, 7) is 2.80. The van der Waals surface area contributed by atoms with Crippen molar-refractivity contribution in [1.82, 2.24) is 18.2 Å². The molecule has 1 amide bonds. The number of nitrogens with zero attached hydrogens (tertiary/aromatic N) is 3. The molecule has 0 unspecified atom stereocenters. The van der Waals surface area contributed by atoms with Crippen molar-refractivity contribution in [2.24, 2.45) is 7.05 Å². The van der Waals surface area contributed by atoms with Crippen LogP contribution in [0.2, 0.25) is 0 Å². The lowest BCUT2D eigenvalue weighted by Crippen LogP contribution is -2.40.